The summed E-state index contributed by atoms with van der Waals surface area (Å²) in [5.74, 6) is -0.805. The molecule has 4 heteroatoms. The summed E-state index contributed by atoms with van der Waals surface area (Å²) in [4.78, 5) is 11.3. The molecule has 1 unspecified atom stereocenters. The molecule has 4 nitrogen and oxygen atoms in total. The van der Waals surface area contributed by atoms with E-state index in [1.54, 1.807) is 6.08 Å². The van der Waals surface area contributed by atoms with Crippen LogP contribution in [-0.4, -0.2) is 35.4 Å². The third-order valence-electron chi connectivity index (χ3n) is 2.74. The first kappa shape index (κ1) is 12.2. The summed E-state index contributed by atoms with van der Waals surface area (Å²) in [6.45, 7) is 8.40. The van der Waals surface area contributed by atoms with Gasteiger partial charge in [-0.25, -0.2) is 0 Å². The molecule has 0 radical (unpaired) electrons. The number of carboxylic acids is 1. The Bertz CT molecular complexity index is 263. The van der Waals surface area contributed by atoms with E-state index in [0.717, 1.165) is 0 Å². The van der Waals surface area contributed by atoms with Crippen LogP contribution in [0.15, 0.2) is 12.7 Å². The molecule has 0 bridgehead atoms. The van der Waals surface area contributed by atoms with Crippen LogP contribution in [0.2, 0.25) is 0 Å². The van der Waals surface area contributed by atoms with Gasteiger partial charge in [0.1, 0.15) is 5.54 Å². The quantitative estimate of drug-likeness (QED) is 0.688. The third-order valence-corrected chi connectivity index (χ3v) is 2.74. The zero-order chi connectivity index (χ0) is 11.5. The maximum absolute atomic E-state index is 11.3. The van der Waals surface area contributed by atoms with Crippen molar-refractivity contribution in [1.82, 2.24) is 5.32 Å². The monoisotopic (exact) mass is 213 g/mol. The number of rotatable bonds is 4. The van der Waals surface area contributed by atoms with E-state index >= 15 is 0 Å². The van der Waals surface area contributed by atoms with Crippen molar-refractivity contribution in [2.24, 2.45) is 0 Å². The second kappa shape index (κ2) is 4.33. The van der Waals surface area contributed by atoms with Gasteiger partial charge in [-0.15, -0.1) is 6.58 Å². The minimum Gasteiger partial charge on any atom is -0.480 e. The highest BCUT2D eigenvalue weighted by atomic mass is 16.5. The van der Waals surface area contributed by atoms with Gasteiger partial charge in [-0.2, -0.15) is 0 Å². The van der Waals surface area contributed by atoms with Crippen molar-refractivity contribution in [2.75, 3.05) is 13.2 Å². The molecular weight excluding hydrogens is 194 g/mol. The number of ether oxygens (including phenoxy) is 1. The topological polar surface area (TPSA) is 58.6 Å². The second-order valence-corrected chi connectivity index (χ2v) is 4.59. The molecule has 1 rings (SSSR count). The van der Waals surface area contributed by atoms with Crippen LogP contribution in [0.5, 0.6) is 0 Å². The zero-order valence-corrected chi connectivity index (χ0v) is 9.38. The minimum absolute atomic E-state index is 0.384. The smallest absolute Gasteiger partial charge is 0.324 e. The highest BCUT2D eigenvalue weighted by molar-refractivity contribution is 5.79. The minimum atomic E-state index is -0.865. The van der Waals surface area contributed by atoms with Crippen LogP contribution in [0.3, 0.4) is 0 Å². The molecular formula is C11H19NO3. The Balaban J connectivity index is 2.80. The molecule has 86 valence electrons. The molecule has 0 aliphatic carbocycles. The molecule has 1 aliphatic heterocycles. The summed E-state index contributed by atoms with van der Waals surface area (Å²) >= 11 is 0. The molecule has 1 saturated heterocycles. The zero-order valence-electron chi connectivity index (χ0n) is 9.38. The Hall–Kier alpha value is -0.870. The average Bonchev–Trinajstić information content (AvgIpc) is 2.13. The van der Waals surface area contributed by atoms with Gasteiger partial charge in [0.15, 0.2) is 0 Å². The predicted octanol–water partition coefficient (Wildman–Crippen LogP) is 1.17. The van der Waals surface area contributed by atoms with Crippen molar-refractivity contribution in [3.8, 4) is 0 Å². The predicted molar refractivity (Wildman–Crippen MR) is 57.8 cm³/mol. The summed E-state index contributed by atoms with van der Waals surface area (Å²) in [6.07, 6.45) is 2.65. The van der Waals surface area contributed by atoms with E-state index in [1.807, 2.05) is 13.8 Å². The standard InChI is InChI=1S/C11H19NO3/c1-4-6-12-11(9(13)14)5-7-15-10(2,3)8-11/h4,12H,1,5-8H2,2-3H3,(H,13,14). The van der Waals surface area contributed by atoms with Crippen LogP contribution in [0.25, 0.3) is 0 Å². The van der Waals surface area contributed by atoms with Gasteiger partial charge in [0, 0.05) is 19.6 Å². The van der Waals surface area contributed by atoms with Crippen molar-refractivity contribution in [3.05, 3.63) is 12.7 Å². The third kappa shape index (κ3) is 2.79. The number of aliphatic carboxylic acids is 1. The van der Waals surface area contributed by atoms with Crippen LogP contribution in [0, 0.1) is 0 Å². The maximum Gasteiger partial charge on any atom is 0.324 e. The van der Waals surface area contributed by atoms with E-state index in [2.05, 4.69) is 11.9 Å². The van der Waals surface area contributed by atoms with Gasteiger partial charge in [0.25, 0.3) is 0 Å². The lowest BCUT2D eigenvalue weighted by Crippen LogP contribution is -2.59. The van der Waals surface area contributed by atoms with Crippen LogP contribution >= 0.6 is 0 Å². The van der Waals surface area contributed by atoms with Crippen molar-refractivity contribution in [2.45, 2.75) is 37.8 Å². The lowest BCUT2D eigenvalue weighted by atomic mass is 9.81. The number of nitrogens with one attached hydrogen (secondary N) is 1. The van der Waals surface area contributed by atoms with E-state index in [9.17, 15) is 9.90 Å². The van der Waals surface area contributed by atoms with Crippen molar-refractivity contribution in [3.63, 3.8) is 0 Å². The Kier molecular flexibility index (Phi) is 3.52. The Labute approximate surface area is 90.3 Å². The van der Waals surface area contributed by atoms with Gasteiger partial charge in [-0.3, -0.25) is 10.1 Å². The van der Waals surface area contributed by atoms with E-state index in [1.165, 1.54) is 0 Å². The average molecular weight is 213 g/mol. The Morgan fingerprint density at radius 3 is 2.80 bits per heavy atom. The molecule has 0 aromatic heterocycles. The number of hydrogen-bond acceptors (Lipinski definition) is 3. The summed E-state index contributed by atoms with van der Waals surface area (Å²) in [5.41, 5.74) is -1.25. The second-order valence-electron chi connectivity index (χ2n) is 4.59. The highest BCUT2D eigenvalue weighted by Crippen LogP contribution is 2.32. The molecule has 0 amide bonds. The number of carbonyl (C=O) groups is 1. The van der Waals surface area contributed by atoms with Gasteiger partial charge in [-0.1, -0.05) is 6.08 Å². The molecule has 15 heavy (non-hydrogen) atoms. The van der Waals surface area contributed by atoms with Crippen LogP contribution < -0.4 is 5.32 Å². The fourth-order valence-corrected chi connectivity index (χ4v) is 2.04. The highest BCUT2D eigenvalue weighted by Gasteiger charge is 2.46. The van der Waals surface area contributed by atoms with E-state index < -0.39 is 11.5 Å². The van der Waals surface area contributed by atoms with E-state index in [-0.39, 0.29) is 5.60 Å². The SMILES string of the molecule is C=CCNC1(C(=O)O)CCOC(C)(C)C1. The summed E-state index contributed by atoms with van der Waals surface area (Å²) in [7, 11) is 0. The van der Waals surface area contributed by atoms with Crippen LogP contribution in [0.1, 0.15) is 26.7 Å². The molecule has 2 N–H and O–H groups in total. The molecule has 0 saturated carbocycles. The lowest BCUT2D eigenvalue weighted by Gasteiger charge is -2.42. The summed E-state index contributed by atoms with van der Waals surface area (Å²) < 4.78 is 5.52. The van der Waals surface area contributed by atoms with Gasteiger partial charge in [-0.05, 0) is 20.3 Å². The molecule has 0 aromatic rings. The summed E-state index contributed by atoms with van der Waals surface area (Å²) in [5, 5.41) is 12.3. The molecule has 1 aliphatic rings. The molecule has 1 atom stereocenters. The lowest BCUT2D eigenvalue weighted by molar-refractivity contribution is -0.158. The van der Waals surface area contributed by atoms with Crippen molar-refractivity contribution >= 4 is 5.97 Å². The molecule has 0 aromatic carbocycles. The fraction of sp³-hybridized carbons (Fsp3) is 0.727. The van der Waals surface area contributed by atoms with Crippen molar-refractivity contribution in [1.29, 1.82) is 0 Å². The van der Waals surface area contributed by atoms with E-state index in [0.29, 0.717) is 26.0 Å². The Morgan fingerprint density at radius 1 is 1.67 bits per heavy atom. The first-order valence-electron chi connectivity index (χ1n) is 5.15. The first-order chi connectivity index (χ1) is 6.92. The van der Waals surface area contributed by atoms with Gasteiger partial charge >= 0.3 is 5.97 Å². The first-order valence-corrected chi connectivity index (χ1v) is 5.15. The Morgan fingerprint density at radius 2 is 2.33 bits per heavy atom. The van der Waals surface area contributed by atoms with Crippen molar-refractivity contribution < 1.29 is 14.6 Å². The number of hydrogen-bond donors (Lipinski definition) is 2. The van der Waals surface area contributed by atoms with Gasteiger partial charge < -0.3 is 9.84 Å². The van der Waals surface area contributed by atoms with E-state index in [4.69, 9.17) is 4.74 Å². The van der Waals surface area contributed by atoms with Gasteiger partial charge in [0.2, 0.25) is 0 Å². The normalized spacial score (nSPS) is 29.7. The largest absolute Gasteiger partial charge is 0.480 e. The molecule has 0 spiro atoms. The number of carboxylic acid groups (broad SMARTS) is 1. The molecule has 1 heterocycles. The maximum atomic E-state index is 11.3. The summed E-state index contributed by atoms with van der Waals surface area (Å²) in [6, 6.07) is 0. The van der Waals surface area contributed by atoms with Crippen LogP contribution in [-0.2, 0) is 9.53 Å². The fourth-order valence-electron chi connectivity index (χ4n) is 2.04. The van der Waals surface area contributed by atoms with Crippen LogP contribution in [0.4, 0.5) is 0 Å². The molecule has 1 fully saturated rings. The van der Waals surface area contributed by atoms with Gasteiger partial charge in [0.05, 0.1) is 5.60 Å².